The summed E-state index contributed by atoms with van der Waals surface area (Å²) in [6.07, 6.45) is 20.9. The highest BCUT2D eigenvalue weighted by molar-refractivity contribution is 7.99. The van der Waals surface area contributed by atoms with Crippen LogP contribution in [0.5, 0.6) is 11.5 Å². The third kappa shape index (κ3) is 12.3. The predicted molar refractivity (Wildman–Crippen MR) is 320 cm³/mol. The quantitative estimate of drug-likeness (QED) is 0.0975. The van der Waals surface area contributed by atoms with Gasteiger partial charge in [0.25, 0.3) is 11.8 Å². The van der Waals surface area contributed by atoms with E-state index in [1.54, 1.807) is 24.3 Å². The summed E-state index contributed by atoms with van der Waals surface area (Å²) in [5, 5.41) is 23.6. The molecule has 0 aromatic heterocycles. The van der Waals surface area contributed by atoms with Crippen LogP contribution in [0.15, 0.2) is 97.1 Å². The maximum atomic E-state index is 13.3. The number of halogens is 2. The van der Waals surface area contributed by atoms with Gasteiger partial charge in [-0.2, -0.15) is 0 Å². The monoisotopic (exact) mass is 1170 g/mol. The van der Waals surface area contributed by atoms with Crippen molar-refractivity contribution in [3.63, 3.8) is 0 Å². The maximum absolute atomic E-state index is 13.3. The maximum Gasteiger partial charge on any atom is 0.264 e. The molecule has 2 spiro atoms. The van der Waals surface area contributed by atoms with Crippen LogP contribution in [-0.4, -0.2) is 104 Å². The molecule has 1 unspecified atom stereocenters. The number of aliphatic hydroxyl groups excluding tert-OH is 2. The van der Waals surface area contributed by atoms with Crippen LogP contribution in [0.1, 0.15) is 133 Å². The minimum absolute atomic E-state index is 0.136. The highest BCUT2D eigenvalue weighted by Crippen LogP contribution is 2.49. The van der Waals surface area contributed by atoms with Crippen molar-refractivity contribution in [2.45, 2.75) is 126 Å². The zero-order valence-corrected chi connectivity index (χ0v) is 48.7. The van der Waals surface area contributed by atoms with Crippen molar-refractivity contribution in [1.29, 1.82) is 0 Å². The molecule has 4 aromatic carbocycles. The summed E-state index contributed by atoms with van der Waals surface area (Å²) in [5.41, 5.74) is 7.06. The molecule has 9 atom stereocenters. The lowest BCUT2D eigenvalue weighted by molar-refractivity contribution is 0.0175. The molecule has 4 aliphatic heterocycles. The van der Waals surface area contributed by atoms with Crippen molar-refractivity contribution in [3.05, 3.63) is 141 Å². The molecule has 17 heteroatoms. The standard InChI is InChI=1S/C32H39ClN2O4S.C31H37ClN2O5S/c1-40(38)16-5-3-2-4-8-29(36)26-12-9-24(26)19-35-20-32(15-6-7-22-17-25(33)11-13-27(22)32)21-39-30-14-10-23(18-28(30)35)31(37)34-40;32-24-10-12-26-21(16-24)6-5-14-31(26)19-34-18-23-8-11-25(23)28(35)7-3-1-2-4-15-40(37,38)33-30(36)22-9-13-29(39-20-31)27(34)17-22/h2,4,10-11,13-14,17-18,24,26,29,36H,1,3,5-9,12,15-16,19-21H2,(H,34,37,38);1,3,9-10,12-13,16-17,23,25,28,35H,2,4-8,11,14-15,18-20H2,(H,33,36)/b4-2+;3-1-/t24-,26+,29-,32-,40?;23-,25+,28-,31-/m00/s1. The molecule has 2 amide bonds. The van der Waals surface area contributed by atoms with E-state index >= 15 is 0 Å². The van der Waals surface area contributed by atoms with Crippen LogP contribution >= 0.6 is 23.2 Å². The van der Waals surface area contributed by atoms with E-state index in [0.717, 1.165) is 117 Å². The number of allylic oxidation sites excluding steroid dienone is 2. The van der Waals surface area contributed by atoms with Gasteiger partial charge in [0.15, 0.2) is 0 Å². The van der Waals surface area contributed by atoms with Crippen LogP contribution in [0.3, 0.4) is 0 Å². The molecule has 4 N–H and O–H groups in total. The average molecular weight is 1170 g/mol. The van der Waals surface area contributed by atoms with Crippen LogP contribution in [0.2, 0.25) is 10.0 Å². The Bertz CT molecular complexity index is 3070. The summed E-state index contributed by atoms with van der Waals surface area (Å²) in [7, 11) is -6.55. The number of aryl methyl sites for hydroxylation is 2. The number of nitrogens with zero attached hydrogens (tertiary/aromatic N) is 2. The number of aliphatic hydroxyl groups is 2. The molecule has 0 saturated heterocycles. The van der Waals surface area contributed by atoms with Crippen LogP contribution in [-0.2, 0) is 43.4 Å². The number of anilines is 2. The Kier molecular flexibility index (Phi) is 16.8. The minimum Gasteiger partial charge on any atom is -0.490 e. The number of hydrogen-bond donors (Lipinski definition) is 4. The summed E-state index contributed by atoms with van der Waals surface area (Å²) < 4.78 is 56.3. The molecular formula is C63H76Cl2N4O9S2. The Morgan fingerprint density at radius 1 is 0.588 bits per heavy atom. The highest BCUT2D eigenvalue weighted by Gasteiger charge is 2.46. The van der Waals surface area contributed by atoms with Crippen LogP contribution < -0.4 is 28.7 Å². The summed E-state index contributed by atoms with van der Waals surface area (Å²) in [6.45, 7) is 4.03. The van der Waals surface area contributed by atoms with E-state index in [4.69, 9.17) is 32.7 Å². The fourth-order valence-electron chi connectivity index (χ4n) is 14.1. The number of nitrogens with one attached hydrogen (secondary N) is 2. The van der Waals surface area contributed by atoms with Gasteiger partial charge in [0.05, 0.1) is 42.5 Å². The van der Waals surface area contributed by atoms with Gasteiger partial charge in [-0.05, 0) is 215 Å². The second-order valence-electron chi connectivity index (χ2n) is 24.1. The Hall–Kier alpha value is -5.03. The Morgan fingerprint density at radius 2 is 1.06 bits per heavy atom. The van der Waals surface area contributed by atoms with E-state index in [1.165, 1.54) is 22.3 Å². The number of ether oxygens (including phenoxy) is 2. The number of amides is 2. The molecule has 2 saturated carbocycles. The SMILES string of the molecule is C=S1(=O)CCC/C=C/C[C@H](O)[C@@H]2CC[C@H]2CN2C[C@@]3(CCCc4cc(Cl)ccc43)COc3ccc(cc32)C(=O)N1.O=C1NS(=O)(=O)CCC/C=C\C[C@H](O)[C@@H]2CC[C@H]2CN2C[C@@]3(CCCc4cc(Cl)ccc43)COc3ccc1cc32. The molecule has 428 valence electrons. The third-order valence-corrected chi connectivity index (χ3v) is 22.0. The Morgan fingerprint density at radius 3 is 1.54 bits per heavy atom. The van der Waals surface area contributed by atoms with Gasteiger partial charge in [0.2, 0.25) is 10.0 Å². The molecule has 4 bridgehead atoms. The lowest BCUT2D eigenvalue weighted by atomic mass is 9.68. The van der Waals surface area contributed by atoms with Crippen LogP contribution in [0.4, 0.5) is 11.4 Å². The highest BCUT2D eigenvalue weighted by atomic mass is 35.5. The molecule has 2 fully saturated rings. The second kappa shape index (κ2) is 23.7. The zero-order valence-electron chi connectivity index (χ0n) is 45.6. The third-order valence-electron chi connectivity index (χ3n) is 18.7. The van der Waals surface area contributed by atoms with Crippen LogP contribution in [0, 0.1) is 23.7 Å². The first-order valence-corrected chi connectivity index (χ1v) is 33.3. The predicted octanol–water partition coefficient (Wildman–Crippen LogP) is 10.3. The topological polar surface area (TPSA) is 175 Å². The zero-order chi connectivity index (χ0) is 55.8. The van der Waals surface area contributed by atoms with Crippen molar-refractivity contribution >= 4 is 72.0 Å². The Balaban J connectivity index is 0.000000169. The van der Waals surface area contributed by atoms with Crippen molar-refractivity contribution < 1.29 is 41.9 Å². The molecule has 4 aliphatic carbocycles. The number of carbonyl (C=O) groups excluding carboxylic acids is 2. The van der Waals surface area contributed by atoms with Gasteiger partial charge in [-0.1, -0.05) is 59.6 Å². The molecule has 0 radical (unpaired) electrons. The van der Waals surface area contributed by atoms with Gasteiger partial charge >= 0.3 is 0 Å². The molecular weight excluding hydrogens is 1090 g/mol. The van der Waals surface area contributed by atoms with Gasteiger partial charge in [-0.15, -0.1) is 0 Å². The number of hydrogen-bond acceptors (Lipinski definition) is 11. The molecule has 8 aliphatic rings. The number of rotatable bonds is 0. The number of sulfonamides is 1. The van der Waals surface area contributed by atoms with E-state index in [2.05, 4.69) is 49.4 Å². The fourth-order valence-corrected chi connectivity index (χ4v) is 16.8. The van der Waals surface area contributed by atoms with Crippen molar-refractivity contribution in [3.8, 4) is 11.5 Å². The van der Waals surface area contributed by atoms with E-state index in [1.807, 2.05) is 48.6 Å². The minimum atomic E-state index is -3.77. The molecule has 4 heterocycles. The second-order valence-corrected chi connectivity index (χ2v) is 29.1. The summed E-state index contributed by atoms with van der Waals surface area (Å²) in [6, 6.07) is 23.1. The first kappa shape index (κ1) is 56.8. The summed E-state index contributed by atoms with van der Waals surface area (Å²) in [4.78, 5) is 31.1. The van der Waals surface area contributed by atoms with Gasteiger partial charge < -0.3 is 29.5 Å². The van der Waals surface area contributed by atoms with Gasteiger partial charge in [0.1, 0.15) is 11.5 Å². The fraction of sp³-hybridized carbons (Fsp3) is 0.508. The van der Waals surface area contributed by atoms with Crippen molar-refractivity contribution in [2.24, 2.45) is 23.7 Å². The lowest BCUT2D eigenvalue weighted by Crippen LogP contribution is -2.49. The molecule has 80 heavy (non-hydrogen) atoms. The normalized spacial score (nSPS) is 32.1. The Labute approximate surface area is 482 Å². The van der Waals surface area contributed by atoms with Crippen molar-refractivity contribution in [1.82, 2.24) is 9.44 Å². The van der Waals surface area contributed by atoms with E-state index < -0.39 is 31.7 Å². The molecule has 12 rings (SSSR count). The van der Waals surface area contributed by atoms with Gasteiger partial charge in [0, 0.05) is 73.6 Å². The van der Waals surface area contributed by atoms with Gasteiger partial charge in [-0.25, -0.2) is 17.3 Å². The number of fused-ring (bicyclic) bond motifs is 8. The van der Waals surface area contributed by atoms with E-state index in [9.17, 15) is 32.4 Å². The van der Waals surface area contributed by atoms with E-state index in [-0.39, 0.29) is 46.0 Å². The average Bonchev–Trinajstić information content (AvgIpc) is 3.65. The van der Waals surface area contributed by atoms with E-state index in [0.29, 0.717) is 80.8 Å². The molecule has 13 nitrogen and oxygen atoms in total. The van der Waals surface area contributed by atoms with Crippen molar-refractivity contribution in [2.75, 3.05) is 60.7 Å². The number of benzene rings is 4. The summed E-state index contributed by atoms with van der Waals surface area (Å²) in [5.74, 6) is 5.54. The summed E-state index contributed by atoms with van der Waals surface area (Å²) >= 11 is 12.8. The lowest BCUT2D eigenvalue weighted by Gasteiger charge is -2.45. The van der Waals surface area contributed by atoms with Gasteiger partial charge in [-0.3, -0.25) is 14.3 Å². The number of carbonyl (C=O) groups is 2. The molecule has 4 aromatic rings. The smallest absolute Gasteiger partial charge is 0.264 e. The largest absolute Gasteiger partial charge is 0.490 e. The van der Waals surface area contributed by atoms with Crippen LogP contribution in [0.25, 0.3) is 0 Å². The first-order chi connectivity index (χ1) is 38.5. The first-order valence-electron chi connectivity index (χ1n) is 29.0.